The molecule has 26 aromatic rings. The van der Waals surface area contributed by atoms with Crippen molar-refractivity contribution in [2.24, 2.45) is 0 Å². The summed E-state index contributed by atoms with van der Waals surface area (Å²) in [5.41, 5.74) is 21.5. The molecule has 27 rings (SSSR count). The van der Waals surface area contributed by atoms with Gasteiger partial charge in [-0.05, 0) is 241 Å². The fourth-order valence-corrected chi connectivity index (χ4v) is 20.0. The third-order valence-corrected chi connectivity index (χ3v) is 26.0. The summed E-state index contributed by atoms with van der Waals surface area (Å²) in [4.78, 5) is 0. The summed E-state index contributed by atoms with van der Waals surface area (Å²) in [6, 6.07) is 96.1. The van der Waals surface area contributed by atoms with E-state index in [1.165, 1.54) is 5.56 Å². The monoisotopic (exact) mass is 1700 g/mol. The Balaban J connectivity index is 0.000000120. The summed E-state index contributed by atoms with van der Waals surface area (Å²) in [5.74, 6) is 0. The van der Waals surface area contributed by atoms with E-state index in [2.05, 4.69) is 26.0 Å². The molecule has 0 fully saturated rings. The Morgan fingerprint density at radius 1 is 0.167 bits per heavy atom. The van der Waals surface area contributed by atoms with Gasteiger partial charge in [-0.3, -0.25) is 0 Å². The number of benzene rings is 23. The summed E-state index contributed by atoms with van der Waals surface area (Å²) in [7, 11) is 0. The highest BCUT2D eigenvalue weighted by Gasteiger charge is 2.36. The van der Waals surface area contributed by atoms with Gasteiger partial charge in [0.2, 0.25) is 0 Å². The molecule has 0 saturated carbocycles. The number of furan rings is 3. The molecule has 0 bridgehead atoms. The lowest BCUT2D eigenvalue weighted by Gasteiger charge is -2.23. The van der Waals surface area contributed by atoms with Gasteiger partial charge in [0, 0.05) is 37.7 Å². The second kappa shape index (κ2) is 31.8. The third kappa shape index (κ3) is 12.9. The fourth-order valence-electron chi connectivity index (χ4n) is 20.0. The average molecular weight is 1710 g/mol. The van der Waals surface area contributed by atoms with E-state index in [0.29, 0.717) is 66.8 Å². The van der Waals surface area contributed by atoms with E-state index >= 15 is 0 Å². The second-order valence-electron chi connectivity index (χ2n) is 33.6. The van der Waals surface area contributed by atoms with Gasteiger partial charge < -0.3 is 13.3 Å². The summed E-state index contributed by atoms with van der Waals surface area (Å²) in [5, 5.41) is 8.23. The van der Waals surface area contributed by atoms with Gasteiger partial charge in [0.15, 0.2) is 0 Å². The van der Waals surface area contributed by atoms with Crippen molar-refractivity contribution in [1.82, 2.24) is 0 Å². The molecule has 1 aliphatic rings. The van der Waals surface area contributed by atoms with Gasteiger partial charge in [-0.15, -0.1) is 0 Å². The summed E-state index contributed by atoms with van der Waals surface area (Å²) in [6.07, 6.45) is 0. The van der Waals surface area contributed by atoms with Crippen molar-refractivity contribution in [3.05, 3.63) is 484 Å². The summed E-state index contributed by atoms with van der Waals surface area (Å²) >= 11 is 0. The molecule has 0 unspecified atom stereocenters. The van der Waals surface area contributed by atoms with Crippen molar-refractivity contribution < 1.29 is 46.1 Å². The van der Waals surface area contributed by atoms with Crippen molar-refractivity contribution in [2.45, 2.75) is 19.3 Å². The maximum absolute atomic E-state index is 9.39. The van der Waals surface area contributed by atoms with E-state index in [1.54, 1.807) is 24.3 Å². The molecule has 3 nitrogen and oxygen atoms in total. The molecule has 0 aliphatic heterocycles. The number of para-hydroxylation sites is 3. The highest BCUT2D eigenvalue weighted by molar-refractivity contribution is 6.26. The molecule has 3 heteroatoms. The predicted molar refractivity (Wildman–Crippen MR) is 558 cm³/mol. The maximum atomic E-state index is 9.39. The SMILES string of the molecule is [2H]c1c([2H])c([2H])c2c(-c3ccc(-c4cccc5oc6ccccc6c45)cc3)c3c([2H])c([2H])c([2H])c([2H])c3c(-c3ccc(-c4ccccc4)cc3)c2c1[2H].[2H]c1c([2H])c([2H])c2c(-c3ccc(-c4cccc5oc6ccccc6c45)cc3)c3c([2H])c([2H])c([2H])c([2H])c3c(-c3ccccc3)c2c1[2H].[2H]c1c([2H])c([2H])c2c(-c3ccc4c(c3)C(C)(C)c3ccccc3-4)c3c([2H])c([2H])c([2H])c([2H])c3c(-c3ccc(-c4cccc5oc6ccccc6c45)cc3)c2c1[2H]. The first kappa shape index (κ1) is 56.3. The molecular formula is C129H84O3. The standard InChI is InChI=1S/C47H32O.C44H28O.C38H24O/c1-47(2)40-19-9-7-12-33(40)34-27-26-31(28-41(34)47)45-37-15-5-3-13-35(37)44(36-14-4-6-16-38(36)45)30-24-22-29(23-25-30)32-18-11-21-43-46(32)39-17-8-10-20-42(39)48-43;1-2-11-29(12-3-1)30-21-25-32(26-22-30)42-35-13-4-6-15-37(35)43(38-16-7-5-14-36(38)42)33-27-23-31(24-28-33)34-18-10-20-41-44(34)39-17-8-9-19-40(39)45-41;1-2-11-26(12-3-1)36-29-13-4-6-15-31(29)37(32-16-7-5-14-30(32)36)27-23-21-25(22-24-27)28-18-10-20-35-38(28)33-17-8-9-19-34(33)39-35/h3-28H,1-2H3;1-28H;1-24H/i3D,4D,5D,6D,13D,14D,15D,16D;2*4D,5D,6D,7D,13D,14D,15D,16D. The third-order valence-electron chi connectivity index (χ3n) is 26.0. The molecule has 0 atom stereocenters. The average Bonchev–Trinajstić information content (AvgIpc) is 0.793. The first-order valence-corrected chi connectivity index (χ1v) is 43.6. The van der Waals surface area contributed by atoms with Gasteiger partial charge in [0.25, 0.3) is 0 Å². The lowest BCUT2D eigenvalue weighted by Crippen LogP contribution is -2.14. The molecule has 0 radical (unpaired) electrons. The van der Waals surface area contributed by atoms with Crippen LogP contribution in [0.4, 0.5) is 0 Å². The Morgan fingerprint density at radius 3 is 0.712 bits per heavy atom. The van der Waals surface area contributed by atoms with Crippen LogP contribution >= 0.6 is 0 Å². The quantitative estimate of drug-likeness (QED) is 0.128. The summed E-state index contributed by atoms with van der Waals surface area (Å²) in [6.45, 7) is 4.30. The van der Waals surface area contributed by atoms with E-state index in [9.17, 15) is 11.0 Å². The molecule has 0 amide bonds. The first-order chi connectivity index (χ1) is 75.2. The zero-order valence-electron chi connectivity index (χ0n) is 94.9. The van der Waals surface area contributed by atoms with E-state index in [1.807, 2.05) is 291 Å². The zero-order valence-corrected chi connectivity index (χ0v) is 70.9. The Hall–Kier alpha value is -17.0. The molecule has 618 valence electrons. The van der Waals surface area contributed by atoms with Crippen LogP contribution in [0.2, 0.25) is 0 Å². The second-order valence-corrected chi connectivity index (χ2v) is 33.6. The highest BCUT2D eigenvalue weighted by atomic mass is 16.3. The molecule has 0 saturated heterocycles. The van der Waals surface area contributed by atoms with E-state index in [0.717, 1.165) is 127 Å². The smallest absolute Gasteiger partial charge is 0.136 e. The minimum Gasteiger partial charge on any atom is -0.456 e. The minimum absolute atomic E-state index is 0.186. The molecule has 132 heavy (non-hydrogen) atoms. The van der Waals surface area contributed by atoms with Crippen LogP contribution in [0.5, 0.6) is 0 Å². The Morgan fingerprint density at radius 2 is 0.386 bits per heavy atom. The van der Waals surface area contributed by atoms with E-state index in [-0.39, 0.29) is 143 Å². The van der Waals surface area contributed by atoms with E-state index in [4.69, 9.17) is 35.2 Å². The van der Waals surface area contributed by atoms with Crippen molar-refractivity contribution >= 4 is 130 Å². The molecule has 23 aromatic carbocycles. The molecule has 0 N–H and O–H groups in total. The number of rotatable bonds is 10. The topological polar surface area (TPSA) is 39.4 Å². The van der Waals surface area contributed by atoms with Crippen LogP contribution in [-0.4, -0.2) is 0 Å². The van der Waals surface area contributed by atoms with Crippen molar-refractivity contribution in [2.75, 3.05) is 0 Å². The van der Waals surface area contributed by atoms with Crippen molar-refractivity contribution in [3.8, 4) is 122 Å². The van der Waals surface area contributed by atoms with Gasteiger partial charge in [-0.1, -0.05) is 444 Å². The molecule has 3 heterocycles. The van der Waals surface area contributed by atoms with Crippen LogP contribution in [0.15, 0.2) is 486 Å². The first-order valence-electron chi connectivity index (χ1n) is 55.6. The maximum Gasteiger partial charge on any atom is 0.136 e. The minimum atomic E-state index is -0.426. The Bertz CT molecular complexity index is 10400. The van der Waals surface area contributed by atoms with Crippen molar-refractivity contribution in [3.63, 3.8) is 0 Å². The number of fused-ring (bicyclic) bond motifs is 18. The van der Waals surface area contributed by atoms with Crippen LogP contribution in [-0.2, 0) is 5.41 Å². The van der Waals surface area contributed by atoms with Crippen LogP contribution in [0.3, 0.4) is 0 Å². The Labute approximate surface area is 798 Å². The highest BCUT2D eigenvalue weighted by Crippen LogP contribution is 2.54. The molecular weight excluding hydrogens is 1600 g/mol. The number of hydrogen-bond donors (Lipinski definition) is 0. The van der Waals surface area contributed by atoms with Crippen LogP contribution in [0.25, 0.3) is 253 Å². The zero-order chi connectivity index (χ0) is 108. The number of hydrogen-bond acceptors (Lipinski definition) is 3. The van der Waals surface area contributed by atoms with Gasteiger partial charge in [0.1, 0.15) is 33.5 Å². The van der Waals surface area contributed by atoms with Crippen LogP contribution < -0.4 is 0 Å². The molecule has 1 aliphatic carbocycles. The lowest BCUT2D eigenvalue weighted by molar-refractivity contribution is 0.660. The predicted octanol–water partition coefficient (Wildman–Crippen LogP) is 36.7. The van der Waals surface area contributed by atoms with Crippen molar-refractivity contribution in [1.29, 1.82) is 0 Å². The van der Waals surface area contributed by atoms with Gasteiger partial charge in [-0.2, -0.15) is 0 Å². The largest absolute Gasteiger partial charge is 0.456 e. The van der Waals surface area contributed by atoms with E-state index < -0.39 is 72.5 Å². The van der Waals surface area contributed by atoms with Gasteiger partial charge >= 0.3 is 0 Å². The van der Waals surface area contributed by atoms with Gasteiger partial charge in [-0.25, -0.2) is 0 Å². The Kier molecular flexibility index (Phi) is 13.6. The lowest BCUT2D eigenvalue weighted by atomic mass is 9.80. The van der Waals surface area contributed by atoms with Crippen LogP contribution in [0.1, 0.15) is 57.9 Å². The molecule has 3 aromatic heterocycles. The van der Waals surface area contributed by atoms with Crippen LogP contribution in [0, 0.1) is 0 Å². The van der Waals surface area contributed by atoms with Gasteiger partial charge in [0.05, 0.1) is 32.9 Å². The summed E-state index contributed by atoms with van der Waals surface area (Å²) < 4.78 is 234. The fraction of sp³-hybridized carbons (Fsp3) is 0.0233. The molecule has 0 spiro atoms. The normalized spacial score (nSPS) is 14.8.